The van der Waals surface area contributed by atoms with Crippen molar-refractivity contribution in [1.82, 2.24) is 15.4 Å². The highest BCUT2D eigenvalue weighted by Gasteiger charge is 2.22. The van der Waals surface area contributed by atoms with E-state index < -0.39 is 10.0 Å². The van der Waals surface area contributed by atoms with Gasteiger partial charge >= 0.3 is 0 Å². The summed E-state index contributed by atoms with van der Waals surface area (Å²) in [5.41, 5.74) is 2.16. The number of ether oxygens (including phenoxy) is 1. The van der Waals surface area contributed by atoms with Gasteiger partial charge in [0.25, 0.3) is 0 Å². The molecule has 1 unspecified atom stereocenters. The average Bonchev–Trinajstić information content (AvgIpc) is 3.13. The summed E-state index contributed by atoms with van der Waals surface area (Å²) in [6.45, 7) is 3.86. The molecule has 28 heavy (non-hydrogen) atoms. The molecule has 1 aliphatic rings. The molecular formula is C20H26N4O3S. The fourth-order valence-corrected chi connectivity index (χ4v) is 3.71. The van der Waals surface area contributed by atoms with Gasteiger partial charge in [0.2, 0.25) is 10.0 Å². The van der Waals surface area contributed by atoms with Gasteiger partial charge in [0.05, 0.1) is 18.0 Å². The van der Waals surface area contributed by atoms with Gasteiger partial charge in [-0.15, -0.1) is 0 Å². The number of rotatable bonds is 7. The quantitative estimate of drug-likeness (QED) is 0.484. The summed E-state index contributed by atoms with van der Waals surface area (Å²) < 4.78 is 31.8. The summed E-state index contributed by atoms with van der Waals surface area (Å²) in [4.78, 5) is 4.82. The molecule has 1 aliphatic heterocycles. The standard InChI is InChI=1S/C20H26N4O3S/c1-3-22-20(24-14-17-12-16-6-4-5-7-19(16)27-17)23-13-15-8-10-18(11-9-15)28(25,26)21-2/h4-11,17,21H,3,12-14H2,1-2H3,(H2,22,23,24). The first-order valence-electron chi connectivity index (χ1n) is 9.31. The molecule has 2 aromatic rings. The zero-order valence-electron chi connectivity index (χ0n) is 16.1. The molecule has 3 rings (SSSR count). The lowest BCUT2D eigenvalue weighted by Gasteiger charge is -2.15. The fourth-order valence-electron chi connectivity index (χ4n) is 2.98. The Hall–Kier alpha value is -2.58. The Morgan fingerprint density at radius 3 is 2.57 bits per heavy atom. The van der Waals surface area contributed by atoms with Crippen LogP contribution in [0.5, 0.6) is 5.75 Å². The second-order valence-electron chi connectivity index (χ2n) is 6.48. The Morgan fingerprint density at radius 2 is 1.89 bits per heavy atom. The van der Waals surface area contributed by atoms with Crippen LogP contribution in [0.3, 0.4) is 0 Å². The summed E-state index contributed by atoms with van der Waals surface area (Å²) in [5.74, 6) is 1.65. The molecule has 150 valence electrons. The van der Waals surface area contributed by atoms with Gasteiger partial charge in [-0.05, 0) is 43.3 Å². The molecule has 0 saturated heterocycles. The number of hydrogen-bond donors (Lipinski definition) is 3. The first-order valence-corrected chi connectivity index (χ1v) is 10.8. The van der Waals surface area contributed by atoms with E-state index in [-0.39, 0.29) is 11.0 Å². The number of nitrogens with zero attached hydrogens (tertiary/aromatic N) is 1. The van der Waals surface area contributed by atoms with E-state index >= 15 is 0 Å². The molecule has 7 nitrogen and oxygen atoms in total. The molecule has 0 amide bonds. The molecule has 0 saturated carbocycles. The van der Waals surface area contributed by atoms with Crippen LogP contribution in [-0.4, -0.2) is 40.6 Å². The summed E-state index contributed by atoms with van der Waals surface area (Å²) >= 11 is 0. The number of fused-ring (bicyclic) bond motifs is 1. The first-order chi connectivity index (χ1) is 13.5. The van der Waals surface area contributed by atoms with Crippen LogP contribution in [0.1, 0.15) is 18.1 Å². The first kappa shape index (κ1) is 20.2. The Kier molecular flexibility index (Phi) is 6.53. The molecule has 3 N–H and O–H groups in total. The maximum absolute atomic E-state index is 11.8. The Balaban J connectivity index is 1.57. The van der Waals surface area contributed by atoms with Crippen LogP contribution < -0.4 is 20.1 Å². The molecule has 2 aromatic carbocycles. The van der Waals surface area contributed by atoms with Crippen LogP contribution >= 0.6 is 0 Å². The van der Waals surface area contributed by atoms with Gasteiger partial charge < -0.3 is 15.4 Å². The van der Waals surface area contributed by atoms with E-state index in [4.69, 9.17) is 4.74 Å². The van der Waals surface area contributed by atoms with E-state index in [9.17, 15) is 8.42 Å². The second kappa shape index (κ2) is 9.07. The van der Waals surface area contributed by atoms with E-state index in [2.05, 4.69) is 26.4 Å². The van der Waals surface area contributed by atoms with E-state index in [0.29, 0.717) is 19.0 Å². The highest BCUT2D eigenvalue weighted by molar-refractivity contribution is 7.89. The van der Waals surface area contributed by atoms with Crippen LogP contribution in [0.25, 0.3) is 0 Å². The smallest absolute Gasteiger partial charge is 0.240 e. The zero-order valence-corrected chi connectivity index (χ0v) is 16.9. The lowest BCUT2D eigenvalue weighted by atomic mass is 10.1. The molecule has 1 atom stereocenters. The van der Waals surface area contributed by atoms with E-state index in [1.54, 1.807) is 24.3 Å². The van der Waals surface area contributed by atoms with E-state index in [0.717, 1.165) is 24.3 Å². The molecule has 0 fully saturated rings. The maximum atomic E-state index is 11.8. The minimum absolute atomic E-state index is 0.0762. The van der Waals surface area contributed by atoms with E-state index in [1.165, 1.54) is 12.6 Å². The van der Waals surface area contributed by atoms with Gasteiger partial charge in [0, 0.05) is 13.0 Å². The fraction of sp³-hybridized carbons (Fsp3) is 0.350. The van der Waals surface area contributed by atoms with E-state index in [1.807, 2.05) is 25.1 Å². The van der Waals surface area contributed by atoms with Crippen molar-refractivity contribution in [2.45, 2.75) is 30.9 Å². The summed E-state index contributed by atoms with van der Waals surface area (Å²) in [7, 11) is -2.02. The molecule has 1 heterocycles. The lowest BCUT2D eigenvalue weighted by Crippen LogP contribution is -2.42. The van der Waals surface area contributed by atoms with Crippen LogP contribution in [0, 0.1) is 0 Å². The summed E-state index contributed by atoms with van der Waals surface area (Å²) in [6, 6.07) is 14.8. The molecule has 0 aromatic heterocycles. The van der Waals surface area contributed by atoms with Gasteiger partial charge in [0.1, 0.15) is 11.9 Å². The number of sulfonamides is 1. The number of aliphatic imine (C=N–C) groups is 1. The normalized spacial score (nSPS) is 16.4. The molecule has 0 bridgehead atoms. The van der Waals surface area contributed by atoms with Gasteiger partial charge in [0.15, 0.2) is 5.96 Å². The van der Waals surface area contributed by atoms with Crippen molar-refractivity contribution in [3.05, 3.63) is 59.7 Å². The zero-order chi connectivity index (χ0) is 20.0. The highest BCUT2D eigenvalue weighted by Crippen LogP contribution is 2.27. The average molecular weight is 403 g/mol. The minimum atomic E-state index is -3.42. The predicted molar refractivity (Wildman–Crippen MR) is 110 cm³/mol. The molecule has 0 radical (unpaired) electrons. The second-order valence-corrected chi connectivity index (χ2v) is 8.37. The molecular weight excluding hydrogens is 376 g/mol. The van der Waals surface area contributed by atoms with Gasteiger partial charge in [-0.2, -0.15) is 0 Å². The van der Waals surface area contributed by atoms with Crippen molar-refractivity contribution >= 4 is 16.0 Å². The largest absolute Gasteiger partial charge is 0.488 e. The van der Waals surface area contributed by atoms with Crippen molar-refractivity contribution in [2.75, 3.05) is 20.1 Å². The van der Waals surface area contributed by atoms with Gasteiger partial charge in [-0.25, -0.2) is 18.1 Å². The van der Waals surface area contributed by atoms with Crippen LogP contribution in [0.4, 0.5) is 0 Å². The third-order valence-corrected chi connectivity index (χ3v) is 5.91. The number of guanidine groups is 1. The highest BCUT2D eigenvalue weighted by atomic mass is 32.2. The monoisotopic (exact) mass is 402 g/mol. The third-order valence-electron chi connectivity index (χ3n) is 4.48. The van der Waals surface area contributed by atoms with Crippen molar-refractivity contribution in [3.63, 3.8) is 0 Å². The van der Waals surface area contributed by atoms with Crippen LogP contribution in [0.15, 0.2) is 58.4 Å². The lowest BCUT2D eigenvalue weighted by molar-refractivity contribution is 0.235. The minimum Gasteiger partial charge on any atom is -0.488 e. The maximum Gasteiger partial charge on any atom is 0.240 e. The topological polar surface area (TPSA) is 91.8 Å². The summed E-state index contributed by atoms with van der Waals surface area (Å²) in [6.07, 6.45) is 0.955. The van der Waals surface area contributed by atoms with Gasteiger partial charge in [-0.3, -0.25) is 0 Å². The number of para-hydroxylation sites is 1. The van der Waals surface area contributed by atoms with Crippen molar-refractivity contribution in [2.24, 2.45) is 4.99 Å². The Labute approximate surface area is 166 Å². The Bertz CT molecular complexity index is 902. The predicted octanol–water partition coefficient (Wildman–Crippen LogP) is 1.65. The SMILES string of the molecule is CCNC(=NCc1ccc(S(=O)(=O)NC)cc1)NCC1Cc2ccccc2O1. The van der Waals surface area contributed by atoms with Gasteiger partial charge in [-0.1, -0.05) is 30.3 Å². The summed E-state index contributed by atoms with van der Waals surface area (Å²) in [5, 5.41) is 6.54. The molecule has 8 heteroatoms. The van der Waals surface area contributed by atoms with Crippen molar-refractivity contribution < 1.29 is 13.2 Å². The number of benzene rings is 2. The molecule has 0 spiro atoms. The van der Waals surface area contributed by atoms with Crippen LogP contribution in [0.2, 0.25) is 0 Å². The number of nitrogens with one attached hydrogen (secondary N) is 3. The van der Waals surface area contributed by atoms with Crippen LogP contribution in [-0.2, 0) is 23.0 Å². The van der Waals surface area contributed by atoms with Crippen molar-refractivity contribution in [3.8, 4) is 5.75 Å². The third kappa shape index (κ3) is 5.02. The number of hydrogen-bond acceptors (Lipinski definition) is 4. The van der Waals surface area contributed by atoms with Crippen molar-refractivity contribution in [1.29, 1.82) is 0 Å². The Morgan fingerprint density at radius 1 is 1.14 bits per heavy atom. The molecule has 0 aliphatic carbocycles.